The van der Waals surface area contributed by atoms with Crippen molar-refractivity contribution in [3.63, 3.8) is 0 Å². The van der Waals surface area contributed by atoms with Gasteiger partial charge in [0.25, 0.3) is 11.1 Å². The van der Waals surface area contributed by atoms with Gasteiger partial charge in [0.2, 0.25) is 5.91 Å². The first-order valence-electron chi connectivity index (χ1n) is 9.30. The van der Waals surface area contributed by atoms with Crippen molar-refractivity contribution in [2.24, 2.45) is 17.8 Å². The van der Waals surface area contributed by atoms with Gasteiger partial charge in [0.05, 0.1) is 4.91 Å². The van der Waals surface area contributed by atoms with Gasteiger partial charge in [0, 0.05) is 23.5 Å². The number of halogens is 1. The Bertz CT molecular complexity index is 825. The Hall–Kier alpha value is -1.60. The highest BCUT2D eigenvalue weighted by Crippen LogP contribution is 2.48. The molecule has 3 unspecified atom stereocenters. The van der Waals surface area contributed by atoms with E-state index >= 15 is 0 Å². The van der Waals surface area contributed by atoms with E-state index in [1.807, 2.05) is 24.3 Å². The van der Waals surface area contributed by atoms with Crippen LogP contribution in [-0.2, 0) is 9.59 Å². The highest BCUT2D eigenvalue weighted by atomic mass is 79.9. The van der Waals surface area contributed by atoms with E-state index in [2.05, 4.69) is 21.2 Å². The number of nitrogens with zero attached hydrogens (tertiary/aromatic N) is 1. The van der Waals surface area contributed by atoms with Crippen LogP contribution < -0.4 is 5.32 Å². The Kier molecular flexibility index (Phi) is 5.41. The molecule has 5 nitrogen and oxygen atoms in total. The van der Waals surface area contributed by atoms with Crippen LogP contribution in [-0.4, -0.2) is 35.0 Å². The fourth-order valence-electron chi connectivity index (χ4n) is 4.43. The number of amides is 3. The van der Waals surface area contributed by atoms with Crippen LogP contribution in [0.1, 0.15) is 31.2 Å². The lowest BCUT2D eigenvalue weighted by Crippen LogP contribution is -2.40. The normalized spacial score (nSPS) is 28.4. The van der Waals surface area contributed by atoms with Gasteiger partial charge in [-0.05, 0) is 66.6 Å². The van der Waals surface area contributed by atoms with Crippen LogP contribution >= 0.6 is 27.7 Å². The SMILES string of the molecule is O=C(NCCN1C(=O)SC(=Cc2cccc(Br)c2)C1=O)C1CC2CCC1C2. The first-order chi connectivity index (χ1) is 13.0. The van der Waals surface area contributed by atoms with Crippen molar-refractivity contribution >= 4 is 50.8 Å². The van der Waals surface area contributed by atoms with Crippen LogP contribution in [0.2, 0.25) is 0 Å². The second-order valence-corrected chi connectivity index (χ2v) is 9.37. The maximum atomic E-state index is 12.5. The third kappa shape index (κ3) is 3.99. The predicted octanol–water partition coefficient (Wildman–Crippen LogP) is 4.04. The molecule has 1 saturated heterocycles. The van der Waals surface area contributed by atoms with E-state index in [-0.39, 0.29) is 29.5 Å². The molecule has 0 spiro atoms. The Morgan fingerprint density at radius 1 is 1.30 bits per heavy atom. The molecule has 7 heteroatoms. The predicted molar refractivity (Wildman–Crippen MR) is 109 cm³/mol. The molecule has 0 aromatic heterocycles. The summed E-state index contributed by atoms with van der Waals surface area (Å²) in [4.78, 5) is 38.7. The van der Waals surface area contributed by atoms with Gasteiger partial charge >= 0.3 is 0 Å². The zero-order chi connectivity index (χ0) is 19.0. The molecule has 3 amide bonds. The van der Waals surface area contributed by atoms with Crippen LogP contribution in [0.4, 0.5) is 4.79 Å². The summed E-state index contributed by atoms with van der Waals surface area (Å²) in [5.74, 6) is 1.16. The summed E-state index contributed by atoms with van der Waals surface area (Å²) in [6, 6.07) is 7.56. The molecule has 4 rings (SSSR count). The van der Waals surface area contributed by atoms with E-state index in [4.69, 9.17) is 0 Å². The van der Waals surface area contributed by atoms with Gasteiger partial charge in [-0.1, -0.05) is 34.5 Å². The number of carbonyl (C=O) groups excluding carboxylic acids is 3. The summed E-state index contributed by atoms with van der Waals surface area (Å²) < 4.78 is 0.916. The molecule has 0 radical (unpaired) electrons. The number of hydrogen-bond acceptors (Lipinski definition) is 4. The average molecular weight is 449 g/mol. The summed E-state index contributed by atoms with van der Waals surface area (Å²) in [7, 11) is 0. The average Bonchev–Trinajstić information content (AvgIpc) is 3.33. The van der Waals surface area contributed by atoms with Crippen molar-refractivity contribution in [3.8, 4) is 0 Å². The van der Waals surface area contributed by atoms with Crippen LogP contribution in [0.15, 0.2) is 33.6 Å². The lowest BCUT2D eigenvalue weighted by atomic mass is 9.88. The van der Waals surface area contributed by atoms with E-state index < -0.39 is 0 Å². The van der Waals surface area contributed by atoms with Gasteiger partial charge in [-0.3, -0.25) is 19.3 Å². The number of thioether (sulfide) groups is 1. The van der Waals surface area contributed by atoms with Crippen molar-refractivity contribution in [2.75, 3.05) is 13.1 Å². The Morgan fingerprint density at radius 2 is 2.15 bits per heavy atom. The first-order valence-corrected chi connectivity index (χ1v) is 10.9. The lowest BCUT2D eigenvalue weighted by Gasteiger charge is -2.21. The smallest absolute Gasteiger partial charge is 0.293 e. The highest BCUT2D eigenvalue weighted by Gasteiger charge is 2.43. The monoisotopic (exact) mass is 448 g/mol. The number of nitrogens with one attached hydrogen (secondary N) is 1. The number of imide groups is 1. The van der Waals surface area contributed by atoms with Crippen molar-refractivity contribution in [2.45, 2.75) is 25.7 Å². The molecular formula is C20H21BrN2O3S. The van der Waals surface area contributed by atoms with E-state index in [9.17, 15) is 14.4 Å². The standard InChI is InChI=1S/C20H21BrN2O3S/c21-15-3-1-2-12(9-15)11-17-19(25)23(20(26)27-17)7-6-22-18(24)16-10-13-4-5-14(16)8-13/h1-3,9,11,13-14,16H,4-8,10H2,(H,22,24). The number of rotatable bonds is 5. The van der Waals surface area contributed by atoms with Gasteiger partial charge in [-0.15, -0.1) is 0 Å². The summed E-state index contributed by atoms with van der Waals surface area (Å²) >= 11 is 4.35. The molecule has 1 aromatic carbocycles. The first kappa shape index (κ1) is 18.7. The minimum absolute atomic E-state index is 0.0823. The van der Waals surface area contributed by atoms with E-state index in [0.29, 0.717) is 17.4 Å². The molecule has 27 heavy (non-hydrogen) atoms. The highest BCUT2D eigenvalue weighted by molar-refractivity contribution is 9.10. The molecule has 1 aliphatic heterocycles. The van der Waals surface area contributed by atoms with Crippen molar-refractivity contribution in [1.29, 1.82) is 0 Å². The molecule has 1 aromatic rings. The second-order valence-electron chi connectivity index (χ2n) is 7.46. The Balaban J connectivity index is 1.32. The largest absolute Gasteiger partial charge is 0.354 e. The summed E-state index contributed by atoms with van der Waals surface area (Å²) in [6.45, 7) is 0.530. The van der Waals surface area contributed by atoms with Crippen LogP contribution in [0.3, 0.4) is 0 Å². The maximum absolute atomic E-state index is 12.5. The van der Waals surface area contributed by atoms with Gasteiger partial charge in [0.1, 0.15) is 0 Å². The molecule has 1 N–H and O–H groups in total. The third-order valence-corrected chi connectivity index (χ3v) is 7.13. The summed E-state index contributed by atoms with van der Waals surface area (Å²) in [5.41, 5.74) is 0.861. The zero-order valence-corrected chi connectivity index (χ0v) is 17.2. The van der Waals surface area contributed by atoms with Gasteiger partial charge < -0.3 is 5.32 Å². The number of benzene rings is 1. The van der Waals surface area contributed by atoms with E-state index in [1.165, 1.54) is 17.7 Å². The quantitative estimate of drug-likeness (QED) is 0.690. The topological polar surface area (TPSA) is 66.5 Å². The zero-order valence-electron chi connectivity index (χ0n) is 14.8. The molecule has 3 fully saturated rings. The molecular weight excluding hydrogens is 428 g/mol. The fraction of sp³-hybridized carbons (Fsp3) is 0.450. The minimum atomic E-state index is -0.292. The van der Waals surface area contributed by atoms with Crippen molar-refractivity contribution in [1.82, 2.24) is 10.2 Å². The Labute approximate surface area is 171 Å². The molecule has 2 saturated carbocycles. The minimum Gasteiger partial charge on any atom is -0.354 e. The number of hydrogen-bond donors (Lipinski definition) is 1. The maximum Gasteiger partial charge on any atom is 0.293 e. The van der Waals surface area contributed by atoms with Crippen LogP contribution in [0.25, 0.3) is 6.08 Å². The molecule has 142 valence electrons. The molecule has 3 atom stereocenters. The molecule has 3 aliphatic rings. The van der Waals surface area contributed by atoms with Crippen molar-refractivity contribution in [3.05, 3.63) is 39.2 Å². The Morgan fingerprint density at radius 3 is 2.85 bits per heavy atom. The number of carbonyl (C=O) groups is 3. The fourth-order valence-corrected chi connectivity index (χ4v) is 5.71. The van der Waals surface area contributed by atoms with Gasteiger partial charge in [0.15, 0.2) is 0 Å². The molecule has 2 bridgehead atoms. The van der Waals surface area contributed by atoms with Crippen molar-refractivity contribution < 1.29 is 14.4 Å². The van der Waals surface area contributed by atoms with E-state index in [0.717, 1.165) is 40.6 Å². The van der Waals surface area contributed by atoms with E-state index in [1.54, 1.807) is 6.08 Å². The van der Waals surface area contributed by atoms with Crippen LogP contribution in [0, 0.1) is 17.8 Å². The van der Waals surface area contributed by atoms with Crippen LogP contribution in [0.5, 0.6) is 0 Å². The summed E-state index contributed by atoms with van der Waals surface area (Å²) in [5, 5.41) is 2.65. The van der Waals surface area contributed by atoms with Gasteiger partial charge in [-0.2, -0.15) is 0 Å². The molecule has 2 aliphatic carbocycles. The number of fused-ring (bicyclic) bond motifs is 2. The third-order valence-electron chi connectivity index (χ3n) is 5.73. The summed E-state index contributed by atoms with van der Waals surface area (Å²) in [6.07, 6.45) is 6.32. The van der Waals surface area contributed by atoms with Gasteiger partial charge in [-0.25, -0.2) is 0 Å². The molecule has 1 heterocycles. The second kappa shape index (κ2) is 7.80. The lowest BCUT2D eigenvalue weighted by molar-refractivity contribution is -0.127.